The molecule has 216 valence electrons. The Bertz CT molecular complexity index is 1380. The van der Waals surface area contributed by atoms with E-state index >= 15 is 4.39 Å². The molecule has 1 fully saturated rings. The minimum Gasteiger partial charge on any atom is -0.481 e. The lowest BCUT2D eigenvalue weighted by molar-refractivity contribution is -0.157. The Hall–Kier alpha value is -3.25. The van der Waals surface area contributed by atoms with E-state index < -0.39 is 37.1 Å². The summed E-state index contributed by atoms with van der Waals surface area (Å²) in [6.45, 7) is 8.51. The first kappa shape index (κ1) is 29.7. The molecular formula is C28H33F4N3O4Si. The van der Waals surface area contributed by atoms with Crippen LogP contribution in [-0.4, -0.2) is 46.9 Å². The molecule has 4 rings (SSSR count). The average Bonchev–Trinajstić information content (AvgIpc) is 3.25. The Kier molecular flexibility index (Phi) is 8.41. The highest BCUT2D eigenvalue weighted by Gasteiger charge is 2.45. The Morgan fingerprint density at radius 1 is 1.18 bits per heavy atom. The molecule has 2 aromatic heterocycles. The first-order chi connectivity index (χ1) is 18.7. The number of nitrogens with zero attached hydrogens (tertiary/aromatic N) is 3. The fourth-order valence-electron chi connectivity index (χ4n) is 4.42. The summed E-state index contributed by atoms with van der Waals surface area (Å²) in [5, 5.41) is 9.48. The summed E-state index contributed by atoms with van der Waals surface area (Å²) >= 11 is 0. The van der Waals surface area contributed by atoms with Gasteiger partial charge in [-0.15, -0.1) is 0 Å². The van der Waals surface area contributed by atoms with Gasteiger partial charge < -0.3 is 19.1 Å². The molecular weight excluding hydrogens is 546 g/mol. The zero-order valence-corrected chi connectivity index (χ0v) is 23.9. The van der Waals surface area contributed by atoms with Crippen molar-refractivity contribution in [1.82, 2.24) is 14.5 Å². The van der Waals surface area contributed by atoms with Crippen molar-refractivity contribution in [3.05, 3.63) is 53.7 Å². The van der Waals surface area contributed by atoms with E-state index in [-0.39, 0.29) is 30.6 Å². The zero-order chi connectivity index (χ0) is 29.3. The van der Waals surface area contributed by atoms with Crippen molar-refractivity contribution in [3.63, 3.8) is 0 Å². The number of hydrogen-bond acceptors (Lipinski definition) is 5. The summed E-state index contributed by atoms with van der Waals surface area (Å²) in [6.07, 6.45) is -0.406. The van der Waals surface area contributed by atoms with E-state index in [1.54, 1.807) is 19.1 Å². The van der Waals surface area contributed by atoms with Crippen LogP contribution in [0.25, 0.3) is 22.5 Å². The van der Waals surface area contributed by atoms with Crippen molar-refractivity contribution in [1.29, 1.82) is 0 Å². The van der Waals surface area contributed by atoms with E-state index in [0.717, 1.165) is 18.7 Å². The molecule has 1 aromatic carbocycles. The lowest BCUT2D eigenvalue weighted by Gasteiger charge is -2.36. The van der Waals surface area contributed by atoms with Gasteiger partial charge in [-0.05, 0) is 49.1 Å². The molecule has 0 atom stereocenters. The second-order valence-corrected chi connectivity index (χ2v) is 17.1. The molecule has 1 saturated carbocycles. The molecule has 7 nitrogen and oxygen atoms in total. The Balaban J connectivity index is 1.54. The molecule has 2 heterocycles. The number of carbonyl (C=O) groups is 1. The highest BCUT2D eigenvalue weighted by atomic mass is 28.3. The number of alkyl halides is 3. The lowest BCUT2D eigenvalue weighted by atomic mass is 9.69. The molecule has 0 aliphatic heterocycles. The van der Waals surface area contributed by atoms with E-state index in [2.05, 4.69) is 29.6 Å². The minimum atomic E-state index is -4.69. The molecule has 0 amide bonds. The maximum Gasteiger partial charge on any atom is 0.434 e. The molecule has 0 saturated heterocycles. The normalized spacial score (nSPS) is 15.1. The molecule has 0 unspecified atom stereocenters. The van der Waals surface area contributed by atoms with Gasteiger partial charge in [0, 0.05) is 38.7 Å². The van der Waals surface area contributed by atoms with Gasteiger partial charge in [-0.1, -0.05) is 32.1 Å². The van der Waals surface area contributed by atoms with E-state index in [4.69, 9.17) is 9.47 Å². The van der Waals surface area contributed by atoms with Gasteiger partial charge in [0.2, 0.25) is 5.88 Å². The number of pyridine rings is 1. The third kappa shape index (κ3) is 6.72. The Morgan fingerprint density at radius 2 is 1.90 bits per heavy atom. The first-order valence-corrected chi connectivity index (χ1v) is 16.7. The quantitative estimate of drug-likeness (QED) is 0.149. The van der Waals surface area contributed by atoms with Gasteiger partial charge in [0.15, 0.2) is 5.69 Å². The van der Waals surface area contributed by atoms with Gasteiger partial charge in [-0.2, -0.15) is 13.2 Å². The van der Waals surface area contributed by atoms with Crippen LogP contribution in [0, 0.1) is 18.2 Å². The molecule has 1 aliphatic carbocycles. The number of hydrogen-bond donors (Lipinski definition) is 1. The fourth-order valence-corrected chi connectivity index (χ4v) is 5.17. The van der Waals surface area contributed by atoms with Crippen molar-refractivity contribution in [3.8, 4) is 28.4 Å². The van der Waals surface area contributed by atoms with Crippen LogP contribution in [0.15, 0.2) is 36.7 Å². The van der Waals surface area contributed by atoms with Crippen LogP contribution >= 0.6 is 0 Å². The number of carboxylic acids is 1. The van der Waals surface area contributed by atoms with E-state index in [1.807, 2.05) is 0 Å². The zero-order valence-electron chi connectivity index (χ0n) is 22.9. The van der Waals surface area contributed by atoms with Crippen LogP contribution in [0.5, 0.6) is 5.88 Å². The van der Waals surface area contributed by atoms with Crippen LogP contribution in [0.1, 0.15) is 30.5 Å². The molecule has 0 bridgehead atoms. The van der Waals surface area contributed by atoms with Crippen LogP contribution in [0.4, 0.5) is 17.6 Å². The number of ether oxygens (including phenoxy) is 2. The number of imidazole rings is 1. The smallest absolute Gasteiger partial charge is 0.434 e. The average molecular weight is 580 g/mol. The van der Waals surface area contributed by atoms with Gasteiger partial charge in [-0.25, -0.2) is 14.4 Å². The van der Waals surface area contributed by atoms with E-state index in [9.17, 15) is 23.1 Å². The van der Waals surface area contributed by atoms with E-state index in [1.165, 1.54) is 22.9 Å². The second kappa shape index (κ2) is 11.3. The third-order valence-electron chi connectivity index (χ3n) is 7.16. The van der Waals surface area contributed by atoms with E-state index in [0.29, 0.717) is 36.1 Å². The fraction of sp³-hybridized carbons (Fsp3) is 0.464. The molecule has 40 heavy (non-hydrogen) atoms. The maximum absolute atomic E-state index is 15.4. The molecule has 1 N–H and O–H groups in total. The number of benzene rings is 1. The summed E-state index contributed by atoms with van der Waals surface area (Å²) in [7, 11) is -1.40. The number of halogens is 4. The van der Waals surface area contributed by atoms with Crippen LogP contribution < -0.4 is 4.74 Å². The van der Waals surface area contributed by atoms with Crippen molar-refractivity contribution in [2.45, 2.75) is 64.8 Å². The van der Waals surface area contributed by atoms with Crippen LogP contribution in [0.2, 0.25) is 25.7 Å². The summed E-state index contributed by atoms with van der Waals surface area (Å²) in [5.41, 5.74) is -0.306. The maximum atomic E-state index is 15.4. The highest BCUT2D eigenvalue weighted by Crippen LogP contribution is 2.41. The molecule has 3 aromatic rings. The third-order valence-corrected chi connectivity index (χ3v) is 8.87. The standard InChI is InChI=1S/C28H33F4N3O4Si/c1-18-12-24(39-16-27(26(36)37)8-5-9-27)33-14-21(18)19-6-7-20(22(29)13-19)25-34-23(28(30,31)32)15-35(25)17-38-10-11-40(2,3)4/h6-7,12-15H,5,8-11,16-17H2,1-4H3,(H,36,37). The number of rotatable bonds is 11. The van der Waals surface area contributed by atoms with Crippen molar-refractivity contribution < 1.29 is 36.9 Å². The Morgan fingerprint density at radius 3 is 2.45 bits per heavy atom. The first-order valence-electron chi connectivity index (χ1n) is 13.0. The van der Waals surface area contributed by atoms with Gasteiger partial charge in [0.25, 0.3) is 0 Å². The lowest BCUT2D eigenvalue weighted by Crippen LogP contribution is -2.43. The number of carboxylic acid groups (broad SMARTS) is 1. The summed E-state index contributed by atoms with van der Waals surface area (Å²) in [4.78, 5) is 19.5. The van der Waals surface area contributed by atoms with Gasteiger partial charge in [0.05, 0.1) is 5.56 Å². The van der Waals surface area contributed by atoms with Crippen molar-refractivity contribution in [2.24, 2.45) is 5.41 Å². The summed E-state index contributed by atoms with van der Waals surface area (Å²) < 4.78 is 68.1. The topological polar surface area (TPSA) is 86.5 Å². The van der Waals surface area contributed by atoms with Crippen LogP contribution in [0.3, 0.4) is 0 Å². The number of aliphatic carboxylic acids is 1. The predicted molar refractivity (Wildman–Crippen MR) is 144 cm³/mol. The van der Waals surface area contributed by atoms with Crippen molar-refractivity contribution in [2.75, 3.05) is 13.2 Å². The summed E-state index contributed by atoms with van der Waals surface area (Å²) in [5.74, 6) is -1.54. The predicted octanol–water partition coefficient (Wildman–Crippen LogP) is 7.02. The SMILES string of the molecule is Cc1cc(OCC2(C(=O)O)CCC2)ncc1-c1ccc(-c2nc(C(F)(F)F)cn2COCC[Si](C)(C)C)c(F)c1. The van der Waals surface area contributed by atoms with Gasteiger partial charge in [-0.3, -0.25) is 4.79 Å². The van der Waals surface area contributed by atoms with Gasteiger partial charge >= 0.3 is 12.1 Å². The van der Waals surface area contributed by atoms with Crippen molar-refractivity contribution >= 4 is 14.0 Å². The summed E-state index contributed by atoms with van der Waals surface area (Å²) in [6, 6.07) is 6.70. The highest BCUT2D eigenvalue weighted by molar-refractivity contribution is 6.76. The molecule has 1 aliphatic rings. The minimum absolute atomic E-state index is 0.0197. The molecule has 12 heteroatoms. The second-order valence-electron chi connectivity index (χ2n) is 11.5. The van der Waals surface area contributed by atoms with Crippen LogP contribution in [-0.2, 0) is 22.4 Å². The monoisotopic (exact) mass is 579 g/mol. The molecule has 0 radical (unpaired) electrons. The molecule has 0 spiro atoms. The van der Waals surface area contributed by atoms with Gasteiger partial charge in [0.1, 0.15) is 30.4 Å². The largest absolute Gasteiger partial charge is 0.481 e. The Labute approximate surface area is 231 Å². The number of aryl methyl sites for hydroxylation is 1. The number of aromatic nitrogens is 3.